The summed E-state index contributed by atoms with van der Waals surface area (Å²) in [7, 11) is 1.67. The highest BCUT2D eigenvalue weighted by Gasteiger charge is 1.97. The lowest BCUT2D eigenvalue weighted by molar-refractivity contribution is 0.414. The first-order valence-electron chi connectivity index (χ1n) is 5.34. The second-order valence-electron chi connectivity index (χ2n) is 3.53. The third kappa shape index (κ3) is 3.42. The number of nitrogen functional groups attached to an aromatic ring is 1. The number of anilines is 1. The molecule has 17 heavy (non-hydrogen) atoms. The Morgan fingerprint density at radius 1 is 1.29 bits per heavy atom. The molecule has 5 heteroatoms. The van der Waals surface area contributed by atoms with Crippen LogP contribution in [-0.4, -0.2) is 22.6 Å². The summed E-state index contributed by atoms with van der Waals surface area (Å²) in [4.78, 5) is 1.23. The zero-order valence-corrected chi connectivity index (χ0v) is 10.5. The van der Waals surface area contributed by atoms with Crippen molar-refractivity contribution in [2.24, 2.45) is 0 Å². The quantitative estimate of drug-likeness (QED) is 0.826. The lowest BCUT2D eigenvalue weighted by Crippen LogP contribution is -2.01. The Morgan fingerprint density at radius 2 is 2.06 bits per heavy atom. The van der Waals surface area contributed by atoms with Crippen LogP contribution < -0.4 is 10.5 Å². The Kier molecular flexibility index (Phi) is 3.93. The van der Waals surface area contributed by atoms with Gasteiger partial charge in [0.15, 0.2) is 0 Å². The van der Waals surface area contributed by atoms with Gasteiger partial charge in [-0.3, -0.25) is 4.68 Å². The van der Waals surface area contributed by atoms with Crippen LogP contribution in [0, 0.1) is 0 Å². The summed E-state index contributed by atoms with van der Waals surface area (Å²) in [6.07, 6.45) is 1.89. The van der Waals surface area contributed by atoms with Gasteiger partial charge in [-0.15, -0.1) is 11.8 Å². The highest BCUT2D eigenvalue weighted by molar-refractivity contribution is 7.99. The van der Waals surface area contributed by atoms with Gasteiger partial charge in [-0.2, -0.15) is 5.10 Å². The van der Waals surface area contributed by atoms with Crippen LogP contribution in [0.4, 0.5) is 5.82 Å². The summed E-state index contributed by atoms with van der Waals surface area (Å²) < 4.78 is 6.96. The van der Waals surface area contributed by atoms with Gasteiger partial charge in [0, 0.05) is 16.8 Å². The largest absolute Gasteiger partial charge is 0.497 e. The molecule has 0 saturated carbocycles. The molecule has 0 unspecified atom stereocenters. The third-order valence-electron chi connectivity index (χ3n) is 2.31. The Bertz CT molecular complexity index is 467. The lowest BCUT2D eigenvalue weighted by Gasteiger charge is -2.03. The number of thioether (sulfide) groups is 1. The van der Waals surface area contributed by atoms with E-state index >= 15 is 0 Å². The summed E-state index contributed by atoms with van der Waals surface area (Å²) in [6, 6.07) is 9.85. The van der Waals surface area contributed by atoms with Crippen molar-refractivity contribution in [2.45, 2.75) is 11.4 Å². The Labute approximate surface area is 105 Å². The van der Waals surface area contributed by atoms with E-state index in [-0.39, 0.29) is 0 Å². The van der Waals surface area contributed by atoms with E-state index in [4.69, 9.17) is 10.5 Å². The minimum atomic E-state index is 0.569. The van der Waals surface area contributed by atoms with Crippen molar-refractivity contribution in [3.8, 4) is 5.75 Å². The topological polar surface area (TPSA) is 53.1 Å². The van der Waals surface area contributed by atoms with Crippen LogP contribution in [0.15, 0.2) is 41.4 Å². The van der Waals surface area contributed by atoms with Gasteiger partial charge in [0.25, 0.3) is 0 Å². The molecule has 0 fully saturated rings. The normalized spacial score (nSPS) is 10.4. The molecule has 0 saturated heterocycles. The van der Waals surface area contributed by atoms with Gasteiger partial charge in [-0.05, 0) is 30.3 Å². The zero-order chi connectivity index (χ0) is 12.1. The summed E-state index contributed by atoms with van der Waals surface area (Å²) in [5.74, 6) is 2.42. The first-order valence-corrected chi connectivity index (χ1v) is 6.32. The number of aromatic nitrogens is 2. The predicted molar refractivity (Wildman–Crippen MR) is 70.4 cm³/mol. The molecular formula is C12H15N3OS. The molecular weight excluding hydrogens is 234 g/mol. The number of hydrogen-bond acceptors (Lipinski definition) is 4. The summed E-state index contributed by atoms with van der Waals surface area (Å²) in [5.41, 5.74) is 5.54. The van der Waals surface area contributed by atoms with E-state index < -0.39 is 0 Å². The molecule has 2 aromatic rings. The third-order valence-corrected chi connectivity index (χ3v) is 3.30. The van der Waals surface area contributed by atoms with Crippen molar-refractivity contribution >= 4 is 17.6 Å². The maximum atomic E-state index is 5.54. The molecule has 1 aromatic heterocycles. The fraction of sp³-hybridized carbons (Fsp3) is 0.250. The van der Waals surface area contributed by atoms with Crippen LogP contribution >= 0.6 is 11.8 Å². The van der Waals surface area contributed by atoms with E-state index in [1.54, 1.807) is 24.9 Å². The summed E-state index contributed by atoms with van der Waals surface area (Å²) in [6.45, 7) is 0.855. The van der Waals surface area contributed by atoms with Gasteiger partial charge in [0.2, 0.25) is 0 Å². The van der Waals surface area contributed by atoms with Crippen LogP contribution in [0.1, 0.15) is 0 Å². The molecule has 0 radical (unpaired) electrons. The van der Waals surface area contributed by atoms with Gasteiger partial charge >= 0.3 is 0 Å². The number of nitrogens with two attached hydrogens (primary N) is 1. The van der Waals surface area contributed by atoms with Gasteiger partial charge < -0.3 is 10.5 Å². The van der Waals surface area contributed by atoms with E-state index in [2.05, 4.69) is 17.2 Å². The molecule has 0 spiro atoms. The number of nitrogens with zero attached hydrogens (tertiary/aromatic N) is 2. The second-order valence-corrected chi connectivity index (χ2v) is 4.70. The predicted octanol–water partition coefficient (Wildman–Crippen LogP) is 2.27. The zero-order valence-electron chi connectivity index (χ0n) is 9.67. The minimum Gasteiger partial charge on any atom is -0.497 e. The molecule has 2 N–H and O–H groups in total. The molecule has 1 heterocycles. The number of rotatable bonds is 5. The molecule has 0 atom stereocenters. The van der Waals surface area contributed by atoms with E-state index in [1.165, 1.54) is 4.90 Å². The van der Waals surface area contributed by atoms with Crippen LogP contribution in [-0.2, 0) is 6.54 Å². The van der Waals surface area contributed by atoms with Crippen molar-refractivity contribution < 1.29 is 4.74 Å². The van der Waals surface area contributed by atoms with Crippen molar-refractivity contribution in [3.63, 3.8) is 0 Å². The van der Waals surface area contributed by atoms with Gasteiger partial charge in [-0.25, -0.2) is 0 Å². The maximum Gasteiger partial charge on any atom is 0.145 e. The average molecular weight is 249 g/mol. The molecule has 4 nitrogen and oxygen atoms in total. The SMILES string of the molecule is COc1ccc(SCCn2ccc(N)n2)cc1. The average Bonchev–Trinajstić information content (AvgIpc) is 2.76. The van der Waals surface area contributed by atoms with Crippen LogP contribution in [0.25, 0.3) is 0 Å². The monoisotopic (exact) mass is 249 g/mol. The van der Waals surface area contributed by atoms with Crippen LogP contribution in [0.3, 0.4) is 0 Å². The van der Waals surface area contributed by atoms with Gasteiger partial charge in [-0.1, -0.05) is 0 Å². The van der Waals surface area contributed by atoms with E-state index in [0.29, 0.717) is 5.82 Å². The van der Waals surface area contributed by atoms with E-state index in [1.807, 2.05) is 23.0 Å². The highest BCUT2D eigenvalue weighted by atomic mass is 32.2. The molecule has 0 aliphatic heterocycles. The van der Waals surface area contributed by atoms with E-state index in [9.17, 15) is 0 Å². The smallest absolute Gasteiger partial charge is 0.145 e. The summed E-state index contributed by atoms with van der Waals surface area (Å²) >= 11 is 1.79. The van der Waals surface area contributed by atoms with Crippen molar-refractivity contribution in [3.05, 3.63) is 36.5 Å². The Morgan fingerprint density at radius 3 is 2.65 bits per heavy atom. The molecule has 90 valence electrons. The highest BCUT2D eigenvalue weighted by Crippen LogP contribution is 2.21. The maximum absolute atomic E-state index is 5.54. The number of benzene rings is 1. The first-order chi connectivity index (χ1) is 8.28. The molecule has 0 amide bonds. The number of methoxy groups -OCH3 is 1. The molecule has 2 rings (SSSR count). The van der Waals surface area contributed by atoms with Crippen molar-refractivity contribution in [2.75, 3.05) is 18.6 Å². The Balaban J connectivity index is 1.81. The molecule has 0 bridgehead atoms. The number of ether oxygens (including phenoxy) is 1. The molecule has 0 aliphatic carbocycles. The lowest BCUT2D eigenvalue weighted by atomic mass is 10.3. The van der Waals surface area contributed by atoms with Crippen molar-refractivity contribution in [1.82, 2.24) is 9.78 Å². The molecule has 1 aromatic carbocycles. The van der Waals surface area contributed by atoms with Gasteiger partial charge in [0.1, 0.15) is 11.6 Å². The second kappa shape index (κ2) is 5.63. The number of hydrogen-bond donors (Lipinski definition) is 1. The fourth-order valence-electron chi connectivity index (χ4n) is 1.43. The Hall–Kier alpha value is -1.62. The van der Waals surface area contributed by atoms with Crippen LogP contribution in [0.5, 0.6) is 5.75 Å². The fourth-order valence-corrected chi connectivity index (χ4v) is 2.27. The van der Waals surface area contributed by atoms with Crippen molar-refractivity contribution in [1.29, 1.82) is 0 Å². The summed E-state index contributed by atoms with van der Waals surface area (Å²) in [5, 5.41) is 4.13. The standard InChI is InChI=1S/C12H15N3OS/c1-16-10-2-4-11(5-3-10)17-9-8-15-7-6-12(13)14-15/h2-7H,8-9H2,1H3,(H2,13,14). The first kappa shape index (κ1) is 11.9. The molecule has 0 aliphatic rings. The van der Waals surface area contributed by atoms with Gasteiger partial charge in [0.05, 0.1) is 13.7 Å². The minimum absolute atomic E-state index is 0.569. The van der Waals surface area contributed by atoms with E-state index in [0.717, 1.165) is 18.0 Å². The number of aryl methyl sites for hydroxylation is 1. The van der Waals surface area contributed by atoms with Crippen LogP contribution in [0.2, 0.25) is 0 Å².